The highest BCUT2D eigenvalue weighted by molar-refractivity contribution is 5.93. The third kappa shape index (κ3) is 2.71. The number of amides is 1. The molecule has 0 spiro atoms. The molecule has 3 rings (SSSR count). The van der Waals surface area contributed by atoms with E-state index in [2.05, 4.69) is 9.88 Å². The SMILES string of the molecule is O=C(c1ccc[nH]c1=O)N1CCCN(C2CC2)CC1. The van der Waals surface area contributed by atoms with Crippen LogP contribution < -0.4 is 5.56 Å². The van der Waals surface area contributed by atoms with Crippen LogP contribution in [-0.4, -0.2) is 52.9 Å². The Kier molecular flexibility index (Phi) is 3.38. The molecule has 1 amide bonds. The summed E-state index contributed by atoms with van der Waals surface area (Å²) < 4.78 is 0. The van der Waals surface area contributed by atoms with Gasteiger partial charge in [0.05, 0.1) is 0 Å². The van der Waals surface area contributed by atoms with Crippen molar-refractivity contribution in [2.45, 2.75) is 25.3 Å². The largest absolute Gasteiger partial charge is 0.337 e. The van der Waals surface area contributed by atoms with Crippen molar-refractivity contribution in [1.82, 2.24) is 14.8 Å². The molecule has 2 aliphatic rings. The summed E-state index contributed by atoms with van der Waals surface area (Å²) in [7, 11) is 0. The van der Waals surface area contributed by atoms with Gasteiger partial charge in [-0.2, -0.15) is 0 Å². The van der Waals surface area contributed by atoms with Crippen molar-refractivity contribution in [3.63, 3.8) is 0 Å². The molecule has 1 aromatic heterocycles. The van der Waals surface area contributed by atoms with E-state index < -0.39 is 0 Å². The van der Waals surface area contributed by atoms with Gasteiger partial charge in [-0.15, -0.1) is 0 Å². The first-order chi connectivity index (χ1) is 9.25. The number of hydrogen-bond donors (Lipinski definition) is 1. The van der Waals surface area contributed by atoms with Crippen LogP contribution >= 0.6 is 0 Å². The van der Waals surface area contributed by atoms with Crippen LogP contribution in [0.3, 0.4) is 0 Å². The fraction of sp³-hybridized carbons (Fsp3) is 0.571. The van der Waals surface area contributed by atoms with Crippen molar-refractivity contribution < 1.29 is 4.79 Å². The van der Waals surface area contributed by atoms with Crippen LogP contribution in [0.4, 0.5) is 0 Å². The van der Waals surface area contributed by atoms with Gasteiger partial charge in [0.1, 0.15) is 5.56 Å². The summed E-state index contributed by atoms with van der Waals surface area (Å²) in [5, 5.41) is 0. The Balaban J connectivity index is 1.70. The fourth-order valence-corrected chi connectivity index (χ4v) is 2.71. The quantitative estimate of drug-likeness (QED) is 0.852. The van der Waals surface area contributed by atoms with Gasteiger partial charge >= 0.3 is 0 Å². The van der Waals surface area contributed by atoms with Gasteiger partial charge in [0, 0.05) is 38.4 Å². The number of nitrogens with one attached hydrogen (secondary N) is 1. The van der Waals surface area contributed by atoms with Gasteiger partial charge in [0.2, 0.25) is 0 Å². The molecule has 0 aromatic carbocycles. The van der Waals surface area contributed by atoms with Crippen LogP contribution in [0.2, 0.25) is 0 Å². The van der Waals surface area contributed by atoms with Crippen molar-refractivity contribution >= 4 is 5.91 Å². The van der Waals surface area contributed by atoms with Crippen molar-refractivity contribution in [3.05, 3.63) is 34.2 Å². The molecule has 1 aliphatic heterocycles. The van der Waals surface area contributed by atoms with Gasteiger partial charge in [-0.05, 0) is 31.4 Å². The van der Waals surface area contributed by atoms with E-state index in [4.69, 9.17) is 0 Å². The Morgan fingerprint density at radius 3 is 2.79 bits per heavy atom. The van der Waals surface area contributed by atoms with Crippen molar-refractivity contribution in [2.24, 2.45) is 0 Å². The summed E-state index contributed by atoms with van der Waals surface area (Å²) in [6.07, 6.45) is 5.14. The zero-order valence-electron chi connectivity index (χ0n) is 11.0. The van der Waals surface area contributed by atoms with Crippen LogP contribution in [0.15, 0.2) is 23.1 Å². The third-order valence-electron chi connectivity index (χ3n) is 3.93. The summed E-state index contributed by atoms with van der Waals surface area (Å²) >= 11 is 0. The molecular formula is C14H19N3O2. The lowest BCUT2D eigenvalue weighted by molar-refractivity contribution is 0.0759. The molecule has 2 fully saturated rings. The van der Waals surface area contributed by atoms with E-state index in [0.717, 1.165) is 38.6 Å². The average molecular weight is 261 g/mol. The van der Waals surface area contributed by atoms with E-state index in [0.29, 0.717) is 0 Å². The zero-order chi connectivity index (χ0) is 13.2. The Labute approximate surface area is 112 Å². The minimum Gasteiger partial charge on any atom is -0.337 e. The zero-order valence-corrected chi connectivity index (χ0v) is 11.0. The number of hydrogen-bond acceptors (Lipinski definition) is 3. The fourth-order valence-electron chi connectivity index (χ4n) is 2.71. The Hall–Kier alpha value is -1.62. The van der Waals surface area contributed by atoms with E-state index >= 15 is 0 Å². The van der Waals surface area contributed by atoms with E-state index in [9.17, 15) is 9.59 Å². The average Bonchev–Trinajstić information content (AvgIpc) is 3.24. The third-order valence-corrected chi connectivity index (χ3v) is 3.93. The van der Waals surface area contributed by atoms with Crippen LogP contribution in [0.25, 0.3) is 0 Å². The number of rotatable bonds is 2. The summed E-state index contributed by atoms with van der Waals surface area (Å²) in [4.78, 5) is 30.9. The monoisotopic (exact) mass is 261 g/mol. The molecule has 0 radical (unpaired) electrons. The highest BCUT2D eigenvalue weighted by Gasteiger charge is 2.31. The number of aromatic nitrogens is 1. The van der Waals surface area contributed by atoms with Gasteiger partial charge in [0.25, 0.3) is 11.5 Å². The minimum absolute atomic E-state index is 0.139. The number of H-pyrrole nitrogens is 1. The second kappa shape index (κ2) is 5.17. The molecule has 5 heteroatoms. The van der Waals surface area contributed by atoms with Gasteiger partial charge in [-0.25, -0.2) is 0 Å². The lowest BCUT2D eigenvalue weighted by Gasteiger charge is -2.21. The Morgan fingerprint density at radius 1 is 1.21 bits per heavy atom. The van der Waals surface area contributed by atoms with E-state index in [-0.39, 0.29) is 17.0 Å². The van der Waals surface area contributed by atoms with Gasteiger partial charge < -0.3 is 9.88 Å². The van der Waals surface area contributed by atoms with Crippen molar-refractivity contribution in [2.75, 3.05) is 26.2 Å². The minimum atomic E-state index is -0.296. The number of carbonyl (C=O) groups is 1. The molecule has 1 aromatic rings. The summed E-state index contributed by atoms with van der Waals surface area (Å²) in [5.41, 5.74) is -0.0434. The van der Waals surface area contributed by atoms with Crippen molar-refractivity contribution in [3.8, 4) is 0 Å². The van der Waals surface area contributed by atoms with E-state index in [1.165, 1.54) is 12.8 Å². The maximum Gasteiger partial charge on any atom is 0.260 e. The first-order valence-electron chi connectivity index (χ1n) is 6.97. The molecule has 0 atom stereocenters. The predicted octanol–water partition coefficient (Wildman–Crippen LogP) is 0.685. The molecule has 1 aliphatic carbocycles. The smallest absolute Gasteiger partial charge is 0.260 e. The molecule has 1 saturated heterocycles. The predicted molar refractivity (Wildman–Crippen MR) is 72.2 cm³/mol. The van der Waals surface area contributed by atoms with E-state index in [1.807, 2.05) is 4.90 Å². The topological polar surface area (TPSA) is 56.4 Å². The second-order valence-corrected chi connectivity index (χ2v) is 5.33. The summed E-state index contributed by atoms with van der Waals surface area (Å²) in [5.74, 6) is -0.139. The molecular weight excluding hydrogens is 242 g/mol. The molecule has 19 heavy (non-hydrogen) atoms. The van der Waals surface area contributed by atoms with Crippen molar-refractivity contribution in [1.29, 1.82) is 0 Å². The molecule has 2 heterocycles. The standard InChI is InChI=1S/C14H19N3O2/c18-13-12(3-1-6-15-13)14(19)17-8-2-7-16(9-10-17)11-4-5-11/h1,3,6,11H,2,4-5,7-10H2,(H,15,18). The Morgan fingerprint density at radius 2 is 2.05 bits per heavy atom. The van der Waals surface area contributed by atoms with Crippen LogP contribution in [0, 0.1) is 0 Å². The van der Waals surface area contributed by atoms with Gasteiger partial charge in [0.15, 0.2) is 0 Å². The number of carbonyl (C=O) groups excluding carboxylic acids is 1. The first kappa shape index (κ1) is 12.4. The highest BCUT2D eigenvalue weighted by Crippen LogP contribution is 2.27. The molecule has 102 valence electrons. The molecule has 0 unspecified atom stereocenters. The Bertz CT molecular complexity index is 521. The summed E-state index contributed by atoms with van der Waals surface area (Å²) in [6.45, 7) is 3.47. The lowest BCUT2D eigenvalue weighted by Crippen LogP contribution is -2.38. The van der Waals surface area contributed by atoms with Gasteiger partial charge in [-0.1, -0.05) is 0 Å². The van der Waals surface area contributed by atoms with Crippen LogP contribution in [0.5, 0.6) is 0 Å². The van der Waals surface area contributed by atoms with Crippen LogP contribution in [-0.2, 0) is 0 Å². The molecule has 1 saturated carbocycles. The first-order valence-corrected chi connectivity index (χ1v) is 6.97. The lowest BCUT2D eigenvalue weighted by atomic mass is 10.2. The second-order valence-electron chi connectivity index (χ2n) is 5.33. The highest BCUT2D eigenvalue weighted by atomic mass is 16.2. The number of aromatic amines is 1. The van der Waals surface area contributed by atoms with E-state index in [1.54, 1.807) is 18.3 Å². The molecule has 0 bridgehead atoms. The number of nitrogens with zero attached hydrogens (tertiary/aromatic N) is 2. The summed E-state index contributed by atoms with van der Waals surface area (Å²) in [6, 6.07) is 4.04. The normalized spacial score (nSPS) is 21.2. The van der Waals surface area contributed by atoms with Crippen LogP contribution in [0.1, 0.15) is 29.6 Å². The molecule has 1 N–H and O–H groups in total. The number of pyridine rings is 1. The maximum atomic E-state index is 12.4. The molecule has 5 nitrogen and oxygen atoms in total. The van der Waals surface area contributed by atoms with Gasteiger partial charge in [-0.3, -0.25) is 14.5 Å². The maximum absolute atomic E-state index is 12.4.